The molecule has 1 heterocycles. The molecule has 0 spiro atoms. The Morgan fingerprint density at radius 3 is 2.27 bits per heavy atom. The van der Waals surface area contributed by atoms with Gasteiger partial charge in [0.15, 0.2) is 0 Å². The number of non-ortho nitro benzene ring substituents is 1. The number of carbonyl (C=O) groups excluding carboxylic acids is 3. The lowest BCUT2D eigenvalue weighted by molar-refractivity contribution is -0.384. The quantitative estimate of drug-likeness (QED) is 0.135. The maximum absolute atomic E-state index is 12.9. The number of fused-ring (bicyclic) bond motifs is 1. The van der Waals surface area contributed by atoms with Crippen molar-refractivity contribution >= 4 is 29.2 Å². The highest BCUT2D eigenvalue weighted by atomic mass is 16.6. The molecule has 8 heteroatoms. The second kappa shape index (κ2) is 11.4. The molecular weight excluding hydrogens is 424 g/mol. The Hall–Kier alpha value is -3.55. The van der Waals surface area contributed by atoms with E-state index in [9.17, 15) is 24.5 Å². The van der Waals surface area contributed by atoms with E-state index in [-0.39, 0.29) is 28.1 Å². The molecular formula is C25H28N2O6. The summed E-state index contributed by atoms with van der Waals surface area (Å²) >= 11 is 0. The second-order valence-corrected chi connectivity index (χ2v) is 8.09. The number of hydrogen-bond donors (Lipinski definition) is 0. The van der Waals surface area contributed by atoms with E-state index >= 15 is 0 Å². The van der Waals surface area contributed by atoms with E-state index in [0.29, 0.717) is 6.61 Å². The lowest BCUT2D eigenvalue weighted by Gasteiger charge is -2.13. The summed E-state index contributed by atoms with van der Waals surface area (Å²) in [5.74, 6) is -1.77. The van der Waals surface area contributed by atoms with Gasteiger partial charge < -0.3 is 4.74 Å². The fourth-order valence-corrected chi connectivity index (χ4v) is 3.83. The topological polar surface area (TPSA) is 107 Å². The van der Waals surface area contributed by atoms with Crippen molar-refractivity contribution < 1.29 is 24.0 Å². The van der Waals surface area contributed by atoms with Crippen LogP contribution in [0.15, 0.2) is 42.5 Å². The second-order valence-electron chi connectivity index (χ2n) is 8.09. The SMILES string of the molecule is CCCCCCCCCCOC(=O)c1ccc2c(c1)C(=O)N(c1cccc([N+](=O)[O-])c1)C2=O. The lowest BCUT2D eigenvalue weighted by Crippen LogP contribution is -2.29. The zero-order valence-corrected chi connectivity index (χ0v) is 18.7. The summed E-state index contributed by atoms with van der Waals surface area (Å²) in [6.07, 6.45) is 9.09. The Kier molecular flexibility index (Phi) is 8.29. The highest BCUT2D eigenvalue weighted by Gasteiger charge is 2.37. The maximum Gasteiger partial charge on any atom is 0.338 e. The van der Waals surface area contributed by atoms with Gasteiger partial charge in [0, 0.05) is 12.1 Å². The number of unbranched alkanes of at least 4 members (excludes halogenated alkanes) is 7. The number of nitro benzene ring substituents is 1. The van der Waals surface area contributed by atoms with Crippen LogP contribution in [0.1, 0.15) is 89.4 Å². The van der Waals surface area contributed by atoms with Crippen molar-refractivity contribution in [2.24, 2.45) is 0 Å². The predicted molar refractivity (Wildman–Crippen MR) is 124 cm³/mol. The molecule has 3 rings (SSSR count). The molecule has 33 heavy (non-hydrogen) atoms. The minimum atomic E-state index is -0.631. The van der Waals surface area contributed by atoms with E-state index in [1.165, 1.54) is 74.6 Å². The minimum absolute atomic E-state index is 0.0769. The Bertz CT molecular complexity index is 1050. The van der Waals surface area contributed by atoms with Gasteiger partial charge in [-0.3, -0.25) is 19.7 Å². The van der Waals surface area contributed by atoms with Gasteiger partial charge in [-0.25, -0.2) is 9.69 Å². The van der Waals surface area contributed by atoms with Crippen molar-refractivity contribution in [2.75, 3.05) is 11.5 Å². The first-order valence-corrected chi connectivity index (χ1v) is 11.4. The van der Waals surface area contributed by atoms with E-state index in [1.807, 2.05) is 0 Å². The van der Waals surface area contributed by atoms with Gasteiger partial charge >= 0.3 is 5.97 Å². The van der Waals surface area contributed by atoms with Gasteiger partial charge in [-0.05, 0) is 30.7 Å². The van der Waals surface area contributed by atoms with Gasteiger partial charge in [0.25, 0.3) is 17.5 Å². The first-order chi connectivity index (χ1) is 15.9. The van der Waals surface area contributed by atoms with Crippen LogP contribution in [0.3, 0.4) is 0 Å². The van der Waals surface area contributed by atoms with E-state index in [2.05, 4.69) is 6.92 Å². The number of imide groups is 1. The number of benzene rings is 2. The van der Waals surface area contributed by atoms with Gasteiger partial charge in [-0.15, -0.1) is 0 Å². The number of amides is 2. The molecule has 1 aliphatic rings. The molecule has 0 radical (unpaired) electrons. The number of hydrogen-bond acceptors (Lipinski definition) is 6. The predicted octanol–water partition coefficient (Wildman–Crippen LogP) is 5.69. The molecule has 2 aromatic carbocycles. The number of carbonyl (C=O) groups is 3. The number of anilines is 1. The molecule has 2 aromatic rings. The molecule has 0 bridgehead atoms. The molecule has 0 fully saturated rings. The molecule has 0 saturated heterocycles. The Balaban J connectivity index is 1.58. The molecule has 0 aliphatic carbocycles. The van der Waals surface area contributed by atoms with Crippen LogP contribution in [0.25, 0.3) is 0 Å². The van der Waals surface area contributed by atoms with Crippen LogP contribution in [-0.4, -0.2) is 29.3 Å². The van der Waals surface area contributed by atoms with Gasteiger partial charge in [0.1, 0.15) is 0 Å². The normalized spacial score (nSPS) is 12.7. The van der Waals surface area contributed by atoms with Crippen molar-refractivity contribution in [1.29, 1.82) is 0 Å². The zero-order chi connectivity index (χ0) is 23.8. The van der Waals surface area contributed by atoms with Gasteiger partial charge in [0.05, 0.1) is 33.9 Å². The fourth-order valence-electron chi connectivity index (χ4n) is 3.83. The van der Waals surface area contributed by atoms with E-state index in [0.717, 1.165) is 24.2 Å². The fraction of sp³-hybridized carbons (Fsp3) is 0.400. The van der Waals surface area contributed by atoms with Crippen LogP contribution in [0.4, 0.5) is 11.4 Å². The first kappa shape index (κ1) is 24.1. The van der Waals surface area contributed by atoms with Crippen molar-refractivity contribution in [2.45, 2.75) is 58.3 Å². The van der Waals surface area contributed by atoms with Crippen LogP contribution in [0, 0.1) is 10.1 Å². The molecule has 0 atom stereocenters. The first-order valence-electron chi connectivity index (χ1n) is 11.4. The van der Waals surface area contributed by atoms with E-state index in [4.69, 9.17) is 4.74 Å². The number of nitrogens with zero attached hydrogens (tertiary/aromatic N) is 2. The van der Waals surface area contributed by atoms with Crippen molar-refractivity contribution in [1.82, 2.24) is 0 Å². The van der Waals surface area contributed by atoms with E-state index in [1.54, 1.807) is 0 Å². The molecule has 1 aliphatic heterocycles. The van der Waals surface area contributed by atoms with Crippen LogP contribution in [-0.2, 0) is 4.74 Å². The third-order valence-electron chi connectivity index (χ3n) is 5.65. The Labute approximate surface area is 192 Å². The summed E-state index contributed by atoms with van der Waals surface area (Å²) in [5.41, 5.74) is 0.290. The largest absolute Gasteiger partial charge is 0.462 e. The zero-order valence-electron chi connectivity index (χ0n) is 18.7. The lowest BCUT2D eigenvalue weighted by atomic mass is 10.1. The highest BCUT2D eigenvalue weighted by molar-refractivity contribution is 6.34. The van der Waals surface area contributed by atoms with Crippen LogP contribution >= 0.6 is 0 Å². The molecule has 2 amide bonds. The van der Waals surface area contributed by atoms with Gasteiger partial charge in [0.2, 0.25) is 0 Å². The number of esters is 1. The molecule has 0 unspecified atom stereocenters. The third kappa shape index (κ3) is 5.83. The molecule has 0 saturated carbocycles. The van der Waals surface area contributed by atoms with Gasteiger partial charge in [-0.1, -0.05) is 57.9 Å². The number of nitro groups is 1. The highest BCUT2D eigenvalue weighted by Crippen LogP contribution is 2.31. The number of rotatable bonds is 12. The van der Waals surface area contributed by atoms with Crippen LogP contribution < -0.4 is 4.90 Å². The average molecular weight is 453 g/mol. The van der Waals surface area contributed by atoms with Crippen LogP contribution in [0.2, 0.25) is 0 Å². The summed E-state index contributed by atoms with van der Waals surface area (Å²) < 4.78 is 5.32. The summed E-state index contributed by atoms with van der Waals surface area (Å²) in [6, 6.07) is 9.53. The molecule has 174 valence electrons. The van der Waals surface area contributed by atoms with Crippen LogP contribution in [0.5, 0.6) is 0 Å². The molecule has 0 N–H and O–H groups in total. The minimum Gasteiger partial charge on any atom is -0.462 e. The molecule has 0 aromatic heterocycles. The number of ether oxygens (including phenoxy) is 1. The molecule has 8 nitrogen and oxygen atoms in total. The van der Waals surface area contributed by atoms with Crippen molar-refractivity contribution in [3.8, 4) is 0 Å². The Morgan fingerprint density at radius 1 is 0.909 bits per heavy atom. The standard InChI is InChI=1S/C25H28N2O6/c1-2-3-4-5-6-7-8-9-15-33-25(30)18-13-14-21-22(16-18)24(29)26(23(21)28)19-11-10-12-20(17-19)27(31)32/h10-14,16-17H,2-9,15H2,1H3. The summed E-state index contributed by atoms with van der Waals surface area (Å²) in [6.45, 7) is 2.49. The summed E-state index contributed by atoms with van der Waals surface area (Å²) in [7, 11) is 0. The third-order valence-corrected chi connectivity index (χ3v) is 5.65. The monoisotopic (exact) mass is 452 g/mol. The summed E-state index contributed by atoms with van der Waals surface area (Å²) in [4.78, 5) is 49.3. The van der Waals surface area contributed by atoms with E-state index < -0.39 is 22.7 Å². The summed E-state index contributed by atoms with van der Waals surface area (Å²) in [5, 5.41) is 11.0. The smallest absolute Gasteiger partial charge is 0.338 e. The average Bonchev–Trinajstić information content (AvgIpc) is 3.07. The van der Waals surface area contributed by atoms with Crippen molar-refractivity contribution in [3.05, 3.63) is 69.3 Å². The maximum atomic E-state index is 12.9. The van der Waals surface area contributed by atoms with Crippen molar-refractivity contribution in [3.63, 3.8) is 0 Å². The van der Waals surface area contributed by atoms with Gasteiger partial charge in [-0.2, -0.15) is 0 Å². The Morgan fingerprint density at radius 2 is 1.58 bits per heavy atom.